The quantitative estimate of drug-likeness (QED) is 0.130. The maximum Gasteiger partial charge on any atom is 0.0900 e. The standard InChI is InChI=1S/2C51H57NO.2Y/c1-22-20-40(32(11)25(4)24(22)3)50(53)41-21-23(2)44-43(39(41)18)42-33(12)26(5)27(6)34(13)45(42)51(44)46-35(14)28(7)30(9)37(16)48(46)52(19)49-38(17)31(10)29(8)36(15)47(49)51;1-22-20-40(32(11)25(4)24(22)3)50(53)41-21-23(2)42-43-33(12)26(5)27(6)34(13)44(43)51(45(42)39(41)18)46-35(14)28(7)30(9)37(16)48(46)52(19)49-38(17)31(10)29(8)36(15)47(49)51;;/h2*1-19H3;;/q2*-2;;. The van der Waals surface area contributed by atoms with Crippen molar-refractivity contribution in [2.24, 2.45) is 0 Å². The summed E-state index contributed by atoms with van der Waals surface area (Å²) in [4.78, 5) is 35.1. The van der Waals surface area contributed by atoms with E-state index in [0.717, 1.165) is 55.6 Å². The van der Waals surface area contributed by atoms with Crippen LogP contribution < -0.4 is 9.80 Å². The van der Waals surface area contributed by atoms with Gasteiger partial charge in [0, 0.05) is 108 Å². The first kappa shape index (κ1) is 82.3. The third-order valence-corrected chi connectivity index (χ3v) is 29.9. The van der Waals surface area contributed by atoms with Gasteiger partial charge < -0.3 is 19.4 Å². The van der Waals surface area contributed by atoms with Gasteiger partial charge in [-0.25, -0.2) is 0 Å². The summed E-state index contributed by atoms with van der Waals surface area (Å²) in [5.74, 6) is 0.0253. The Morgan fingerprint density at radius 1 is 0.194 bits per heavy atom. The smallest absolute Gasteiger partial charge is 0.0900 e. The third-order valence-electron chi connectivity index (χ3n) is 29.9. The van der Waals surface area contributed by atoms with Crippen molar-refractivity contribution in [2.45, 2.75) is 260 Å². The number of carbonyl (C=O) groups is 2. The first-order valence-electron chi connectivity index (χ1n) is 38.7. The van der Waals surface area contributed by atoms with Crippen LogP contribution in [-0.4, -0.2) is 25.7 Å². The maximum absolute atomic E-state index is 15.2. The van der Waals surface area contributed by atoms with Crippen LogP contribution in [0.1, 0.15) is 277 Å². The Kier molecular flexibility index (Phi) is 21.1. The van der Waals surface area contributed by atoms with E-state index in [0.29, 0.717) is 22.3 Å². The van der Waals surface area contributed by atoms with Gasteiger partial charge in [-0.05, 0) is 339 Å². The molecule has 0 saturated carbocycles. The van der Waals surface area contributed by atoms with Gasteiger partial charge in [0.2, 0.25) is 0 Å². The second kappa shape index (κ2) is 27.6. The summed E-state index contributed by atoms with van der Waals surface area (Å²) in [7, 11) is 4.58. The molecule has 4 nitrogen and oxygen atoms in total. The van der Waals surface area contributed by atoms with Crippen LogP contribution in [0.4, 0.5) is 22.7 Å². The molecule has 554 valence electrons. The van der Waals surface area contributed by atoms with Crippen molar-refractivity contribution in [2.75, 3.05) is 23.9 Å². The van der Waals surface area contributed by atoms with Gasteiger partial charge in [-0.15, -0.1) is 119 Å². The zero-order valence-electron chi connectivity index (χ0n) is 72.9. The molecule has 0 saturated heterocycles. The number of fused-ring (bicyclic) bond motifs is 18. The number of anilines is 4. The van der Waals surface area contributed by atoms with E-state index < -0.39 is 10.8 Å². The molecule has 0 amide bonds. The Hall–Kier alpha value is -6.65. The molecule has 14 rings (SSSR count). The number of carbonyl (C=O) groups excluding carboxylic acids is 2. The summed E-state index contributed by atoms with van der Waals surface area (Å²) in [5.41, 5.74) is 67.5. The van der Waals surface area contributed by atoms with Gasteiger partial charge in [0.05, 0.1) is 17.0 Å². The number of hydrogen-bond acceptors (Lipinski definition) is 4. The number of nitrogens with zero attached hydrogens (tertiary/aromatic N) is 2. The average Bonchev–Trinajstić information content (AvgIpc) is 1.44. The van der Waals surface area contributed by atoms with Crippen molar-refractivity contribution in [1.29, 1.82) is 0 Å². The summed E-state index contributed by atoms with van der Waals surface area (Å²) >= 11 is 0. The van der Waals surface area contributed by atoms with Crippen molar-refractivity contribution < 1.29 is 75.0 Å². The fourth-order valence-electron chi connectivity index (χ4n) is 21.3. The number of ketones is 2. The Morgan fingerprint density at radius 3 is 0.713 bits per heavy atom. The molecular weight excluding hydrogens is 1460 g/mol. The Bertz CT molecular complexity index is 5690. The molecule has 10 aromatic rings. The molecule has 2 radical (unpaired) electrons. The van der Waals surface area contributed by atoms with Crippen LogP contribution in [0.5, 0.6) is 0 Å². The first-order valence-corrected chi connectivity index (χ1v) is 38.7. The van der Waals surface area contributed by atoms with Crippen molar-refractivity contribution in [3.63, 3.8) is 0 Å². The molecule has 2 aliphatic heterocycles. The van der Waals surface area contributed by atoms with Crippen LogP contribution in [0.15, 0.2) is 0 Å². The molecule has 6 heteroatoms. The van der Waals surface area contributed by atoms with Crippen LogP contribution in [0, 0.1) is 274 Å². The topological polar surface area (TPSA) is 40.6 Å². The predicted octanol–water partition coefficient (Wildman–Crippen LogP) is 25.0. The molecule has 0 N–H and O–H groups in total. The van der Waals surface area contributed by atoms with Crippen molar-refractivity contribution in [1.82, 2.24) is 0 Å². The number of rotatable bonds is 4. The molecular formula is C102H114N2O2Y2-4. The molecule has 0 aromatic heterocycles. The fourth-order valence-corrected chi connectivity index (χ4v) is 21.3. The second-order valence-electron chi connectivity index (χ2n) is 33.7. The SMILES string of the molecule is Cc1[c-]c(C(=O)c2[c-]c(C)c3c(c2C)-c2c(C)c(C)c(C)c(C)c2C32c3c(C)c(C)c(C)c(C)c3N(C)c3c(C)c(C)c(C)c(C)c32)c(C)c(C)c1C.Cc1[c-]c(C(=O)c2[c-]c(C)c3c(c2C)C2(c4c(C)c(C)c(C)c(C)c4-3)c3c(C)c(C)c(C)c(C)c3N(C)c3c(C)c(C)c(C)c(C)c32)c(C)c(C)c1C.[Y].[Y]. The average molecular weight is 1580 g/mol. The maximum atomic E-state index is 15.2. The summed E-state index contributed by atoms with van der Waals surface area (Å²) in [6, 6.07) is 14.7. The molecule has 2 heterocycles. The molecule has 0 unspecified atom stereocenters. The van der Waals surface area contributed by atoms with Gasteiger partial charge in [-0.1, -0.05) is 105 Å². The van der Waals surface area contributed by atoms with E-state index in [2.05, 4.69) is 297 Å². The molecule has 10 aromatic carbocycles. The van der Waals surface area contributed by atoms with Crippen LogP contribution in [0.25, 0.3) is 22.3 Å². The van der Waals surface area contributed by atoms with Crippen molar-refractivity contribution in [3.8, 4) is 22.3 Å². The zero-order chi connectivity index (χ0) is 78.5. The van der Waals surface area contributed by atoms with Crippen LogP contribution >= 0.6 is 0 Å². The van der Waals surface area contributed by atoms with E-state index in [1.54, 1.807) is 0 Å². The van der Waals surface area contributed by atoms with Gasteiger partial charge in [0.1, 0.15) is 0 Å². The molecule has 0 atom stereocenters. The van der Waals surface area contributed by atoms with Gasteiger partial charge in [0.15, 0.2) is 0 Å². The van der Waals surface area contributed by atoms with E-state index in [-0.39, 0.29) is 77.0 Å². The largest absolute Gasteiger partial charge is 0.348 e. The second-order valence-corrected chi connectivity index (χ2v) is 33.7. The summed E-state index contributed by atoms with van der Waals surface area (Å²) in [6.45, 7) is 81.3. The molecule has 4 aliphatic rings. The molecule has 108 heavy (non-hydrogen) atoms. The Labute approximate surface area is 700 Å². The van der Waals surface area contributed by atoms with Gasteiger partial charge in [-0.2, -0.15) is 0 Å². The zero-order valence-corrected chi connectivity index (χ0v) is 78.5. The Balaban J connectivity index is 0.000000211. The summed E-state index contributed by atoms with van der Waals surface area (Å²) in [5, 5.41) is 0. The van der Waals surface area contributed by atoms with Gasteiger partial charge >= 0.3 is 0 Å². The number of benzene rings is 10. The fraction of sp³-hybridized carbons (Fsp3) is 0.392. The molecule has 0 fully saturated rings. The van der Waals surface area contributed by atoms with Crippen LogP contribution in [0.3, 0.4) is 0 Å². The van der Waals surface area contributed by atoms with Crippen molar-refractivity contribution >= 4 is 34.3 Å². The van der Waals surface area contributed by atoms with E-state index in [1.165, 1.54) is 234 Å². The van der Waals surface area contributed by atoms with Gasteiger partial charge in [0.25, 0.3) is 0 Å². The van der Waals surface area contributed by atoms with Crippen LogP contribution in [-0.2, 0) is 76.2 Å². The monoisotopic (exact) mass is 1580 g/mol. The third kappa shape index (κ3) is 10.3. The minimum absolute atomic E-state index is 0. The normalized spacial score (nSPS) is 13.5. The first-order chi connectivity index (χ1) is 49.3. The summed E-state index contributed by atoms with van der Waals surface area (Å²) < 4.78 is 0. The minimum Gasteiger partial charge on any atom is -0.348 e. The van der Waals surface area contributed by atoms with E-state index in [9.17, 15) is 4.79 Å². The van der Waals surface area contributed by atoms with E-state index in [1.807, 2.05) is 0 Å². The molecule has 2 aliphatic carbocycles. The Morgan fingerprint density at radius 2 is 0.398 bits per heavy atom. The van der Waals surface area contributed by atoms with E-state index in [4.69, 9.17) is 0 Å². The number of hydrogen-bond donors (Lipinski definition) is 0. The van der Waals surface area contributed by atoms with Gasteiger partial charge in [-0.3, -0.25) is 0 Å². The predicted molar refractivity (Wildman–Crippen MR) is 449 cm³/mol. The van der Waals surface area contributed by atoms with Crippen LogP contribution in [0.2, 0.25) is 0 Å². The summed E-state index contributed by atoms with van der Waals surface area (Å²) in [6.07, 6.45) is 0. The van der Waals surface area contributed by atoms with Crippen molar-refractivity contribution in [3.05, 3.63) is 291 Å². The minimum atomic E-state index is -0.660. The molecule has 0 bridgehead atoms. The number of aryl methyl sites for hydroxylation is 4. The van der Waals surface area contributed by atoms with E-state index >= 15 is 4.79 Å². The molecule has 2 spiro atoms.